The van der Waals surface area contributed by atoms with E-state index in [4.69, 9.17) is 15.9 Å². The molecule has 1 aromatic rings. The Morgan fingerprint density at radius 3 is 2.60 bits per heavy atom. The monoisotopic (exact) mass is 283 g/mol. The summed E-state index contributed by atoms with van der Waals surface area (Å²) in [5.41, 5.74) is 4.14. The molecule has 0 spiro atoms. The molecule has 0 aliphatic heterocycles. The maximum Gasteiger partial charge on any atom is 0.282 e. The number of hydrogen-bond donors (Lipinski definition) is 4. The predicted molar refractivity (Wildman–Crippen MR) is 67.0 cm³/mol. The SMILES string of the molecule is NC(=O)c1ccc([N+](=O)[O-])c(C(=O)NCC(O)CO)c1. The molecule has 0 fully saturated rings. The molecule has 0 aliphatic rings. The summed E-state index contributed by atoms with van der Waals surface area (Å²) in [7, 11) is 0. The third-order valence-corrected chi connectivity index (χ3v) is 2.43. The van der Waals surface area contributed by atoms with Crippen LogP contribution in [0, 0.1) is 10.1 Å². The van der Waals surface area contributed by atoms with Crippen molar-refractivity contribution in [1.29, 1.82) is 0 Å². The van der Waals surface area contributed by atoms with Crippen molar-refractivity contribution >= 4 is 17.5 Å². The number of nitro benzene ring substituents is 1. The number of aliphatic hydroxyl groups is 2. The zero-order valence-electron chi connectivity index (χ0n) is 10.3. The van der Waals surface area contributed by atoms with Gasteiger partial charge in [-0.2, -0.15) is 0 Å². The summed E-state index contributed by atoms with van der Waals surface area (Å²) >= 11 is 0. The number of rotatable bonds is 6. The van der Waals surface area contributed by atoms with Gasteiger partial charge >= 0.3 is 0 Å². The summed E-state index contributed by atoms with van der Waals surface area (Å²) in [5.74, 6) is -1.68. The molecular formula is C11H13N3O6. The lowest BCUT2D eigenvalue weighted by atomic mass is 10.1. The number of carbonyl (C=O) groups excluding carboxylic acids is 2. The summed E-state index contributed by atoms with van der Waals surface area (Å²) in [5, 5.41) is 30.7. The topological polar surface area (TPSA) is 156 Å². The first-order valence-electron chi connectivity index (χ1n) is 5.52. The average molecular weight is 283 g/mol. The number of nitrogens with one attached hydrogen (secondary N) is 1. The van der Waals surface area contributed by atoms with E-state index in [-0.39, 0.29) is 17.7 Å². The van der Waals surface area contributed by atoms with Crippen molar-refractivity contribution in [3.63, 3.8) is 0 Å². The first-order valence-corrected chi connectivity index (χ1v) is 5.52. The third kappa shape index (κ3) is 3.73. The van der Waals surface area contributed by atoms with E-state index < -0.39 is 35.1 Å². The molecule has 0 heterocycles. The fourth-order valence-corrected chi connectivity index (χ4v) is 1.40. The van der Waals surface area contributed by atoms with Crippen LogP contribution in [0.2, 0.25) is 0 Å². The number of primary amides is 1. The number of hydrogen-bond acceptors (Lipinski definition) is 6. The van der Waals surface area contributed by atoms with Crippen LogP contribution in [0.25, 0.3) is 0 Å². The highest BCUT2D eigenvalue weighted by Crippen LogP contribution is 2.19. The molecule has 5 N–H and O–H groups in total. The molecule has 0 bridgehead atoms. The van der Waals surface area contributed by atoms with Crippen molar-refractivity contribution in [3.8, 4) is 0 Å². The minimum atomic E-state index is -1.18. The Bertz CT molecular complexity index is 545. The quantitative estimate of drug-likeness (QED) is 0.378. The molecule has 1 rings (SSSR count). The van der Waals surface area contributed by atoms with Gasteiger partial charge in [0.25, 0.3) is 11.6 Å². The first kappa shape index (κ1) is 15.5. The second-order valence-corrected chi connectivity index (χ2v) is 3.90. The smallest absolute Gasteiger partial charge is 0.282 e. The van der Waals surface area contributed by atoms with Gasteiger partial charge in [-0.05, 0) is 12.1 Å². The molecule has 1 unspecified atom stereocenters. The van der Waals surface area contributed by atoms with Crippen molar-refractivity contribution < 1.29 is 24.7 Å². The Balaban J connectivity index is 3.06. The van der Waals surface area contributed by atoms with E-state index in [0.29, 0.717) is 0 Å². The van der Waals surface area contributed by atoms with Crippen LogP contribution in [0.5, 0.6) is 0 Å². The second kappa shape index (κ2) is 6.59. The largest absolute Gasteiger partial charge is 0.394 e. The zero-order chi connectivity index (χ0) is 15.3. The molecule has 0 saturated carbocycles. The van der Waals surface area contributed by atoms with E-state index in [1.54, 1.807) is 0 Å². The summed E-state index contributed by atoms with van der Waals surface area (Å²) in [4.78, 5) is 32.9. The highest BCUT2D eigenvalue weighted by Gasteiger charge is 2.22. The van der Waals surface area contributed by atoms with Crippen LogP contribution < -0.4 is 11.1 Å². The molecule has 9 heteroatoms. The van der Waals surface area contributed by atoms with Gasteiger partial charge in [0.15, 0.2) is 0 Å². The average Bonchev–Trinajstić information content (AvgIpc) is 2.43. The Morgan fingerprint density at radius 2 is 2.10 bits per heavy atom. The number of aliphatic hydroxyl groups excluding tert-OH is 2. The summed E-state index contributed by atoms with van der Waals surface area (Å²) < 4.78 is 0. The van der Waals surface area contributed by atoms with Crippen LogP contribution >= 0.6 is 0 Å². The number of nitro groups is 1. The summed E-state index contributed by atoms with van der Waals surface area (Å²) in [6, 6.07) is 3.14. The van der Waals surface area contributed by atoms with Crippen LogP contribution in [0.4, 0.5) is 5.69 Å². The van der Waals surface area contributed by atoms with Crippen LogP contribution in [-0.4, -0.2) is 46.2 Å². The van der Waals surface area contributed by atoms with E-state index in [1.807, 2.05) is 0 Å². The number of nitrogens with zero attached hydrogens (tertiary/aromatic N) is 1. The Hall–Kier alpha value is -2.52. The van der Waals surface area contributed by atoms with Gasteiger partial charge in [0.2, 0.25) is 5.91 Å². The maximum atomic E-state index is 11.8. The minimum absolute atomic E-state index is 0.0524. The van der Waals surface area contributed by atoms with Gasteiger partial charge in [-0.15, -0.1) is 0 Å². The zero-order valence-corrected chi connectivity index (χ0v) is 10.3. The fraction of sp³-hybridized carbons (Fsp3) is 0.273. The van der Waals surface area contributed by atoms with Gasteiger partial charge < -0.3 is 21.3 Å². The van der Waals surface area contributed by atoms with E-state index in [2.05, 4.69) is 5.32 Å². The van der Waals surface area contributed by atoms with E-state index in [0.717, 1.165) is 18.2 Å². The van der Waals surface area contributed by atoms with Gasteiger partial charge in [-0.25, -0.2) is 0 Å². The maximum absolute atomic E-state index is 11.8. The Labute approximate surface area is 113 Å². The molecule has 2 amide bonds. The molecule has 20 heavy (non-hydrogen) atoms. The number of benzene rings is 1. The lowest BCUT2D eigenvalue weighted by Crippen LogP contribution is -2.34. The summed E-state index contributed by atoms with van der Waals surface area (Å²) in [6.45, 7) is -0.850. The van der Waals surface area contributed by atoms with E-state index in [9.17, 15) is 19.7 Å². The Kier molecular flexibility index (Phi) is 5.12. The van der Waals surface area contributed by atoms with E-state index in [1.165, 1.54) is 0 Å². The molecule has 0 aliphatic carbocycles. The van der Waals surface area contributed by atoms with Crippen LogP contribution in [0.15, 0.2) is 18.2 Å². The normalized spacial score (nSPS) is 11.7. The molecule has 0 aromatic heterocycles. The second-order valence-electron chi connectivity index (χ2n) is 3.90. The molecular weight excluding hydrogens is 270 g/mol. The van der Waals surface area contributed by atoms with Gasteiger partial charge in [-0.3, -0.25) is 19.7 Å². The standard InChI is InChI=1S/C11H13N3O6/c12-10(17)6-1-2-9(14(19)20)8(3-6)11(18)13-4-7(16)5-15/h1-3,7,15-16H,4-5H2,(H2,12,17)(H,13,18). The van der Waals surface area contributed by atoms with Crippen LogP contribution in [0.1, 0.15) is 20.7 Å². The molecule has 9 nitrogen and oxygen atoms in total. The van der Waals surface area contributed by atoms with E-state index >= 15 is 0 Å². The first-order chi connectivity index (χ1) is 9.36. The van der Waals surface area contributed by atoms with Gasteiger partial charge in [0, 0.05) is 18.2 Å². The number of carbonyl (C=O) groups is 2. The predicted octanol–water partition coefficient (Wildman–Crippen LogP) is -1.22. The fourth-order valence-electron chi connectivity index (χ4n) is 1.40. The lowest BCUT2D eigenvalue weighted by molar-refractivity contribution is -0.385. The van der Waals surface area contributed by atoms with Crippen molar-refractivity contribution in [2.24, 2.45) is 5.73 Å². The van der Waals surface area contributed by atoms with Crippen LogP contribution in [-0.2, 0) is 0 Å². The molecule has 1 atom stereocenters. The minimum Gasteiger partial charge on any atom is -0.394 e. The summed E-state index contributed by atoms with van der Waals surface area (Å²) in [6.07, 6.45) is -1.18. The molecule has 0 radical (unpaired) electrons. The van der Waals surface area contributed by atoms with Gasteiger partial charge in [-0.1, -0.05) is 0 Å². The van der Waals surface area contributed by atoms with Crippen molar-refractivity contribution in [3.05, 3.63) is 39.4 Å². The highest BCUT2D eigenvalue weighted by atomic mass is 16.6. The van der Waals surface area contributed by atoms with Gasteiger partial charge in [0.1, 0.15) is 5.56 Å². The van der Waals surface area contributed by atoms with Crippen molar-refractivity contribution in [2.75, 3.05) is 13.2 Å². The van der Waals surface area contributed by atoms with Crippen LogP contribution in [0.3, 0.4) is 0 Å². The molecule has 108 valence electrons. The highest BCUT2D eigenvalue weighted by molar-refractivity contribution is 6.02. The number of amides is 2. The lowest BCUT2D eigenvalue weighted by Gasteiger charge is -2.09. The van der Waals surface area contributed by atoms with Crippen molar-refractivity contribution in [1.82, 2.24) is 5.32 Å². The molecule has 1 aromatic carbocycles. The Morgan fingerprint density at radius 1 is 1.45 bits per heavy atom. The third-order valence-electron chi connectivity index (χ3n) is 2.43. The molecule has 0 saturated heterocycles. The van der Waals surface area contributed by atoms with Gasteiger partial charge in [0.05, 0.1) is 17.6 Å². The van der Waals surface area contributed by atoms with Crippen molar-refractivity contribution in [2.45, 2.75) is 6.10 Å². The number of nitrogens with two attached hydrogens (primary N) is 1.